The number of ether oxygens (including phenoxy) is 1. The number of likely N-dealkylation sites (tertiary alicyclic amines) is 1. The molecule has 1 N–H and O–H groups in total. The molecule has 2 aliphatic heterocycles. The molecule has 28 heavy (non-hydrogen) atoms. The molecule has 1 aromatic heterocycles. The Labute approximate surface area is 164 Å². The molecule has 0 aliphatic carbocycles. The van der Waals surface area contributed by atoms with Crippen molar-refractivity contribution in [2.24, 2.45) is 0 Å². The minimum Gasteiger partial charge on any atom is -0.478 e. The smallest absolute Gasteiger partial charge is 0.264 e. The van der Waals surface area contributed by atoms with Crippen LogP contribution in [0.1, 0.15) is 49.3 Å². The average molecular weight is 384 g/mol. The summed E-state index contributed by atoms with van der Waals surface area (Å²) in [6, 6.07) is 6.04. The zero-order valence-corrected chi connectivity index (χ0v) is 16.0. The summed E-state index contributed by atoms with van der Waals surface area (Å²) in [5.74, 6) is 0.220. The SMILES string of the molecule is CC[C@H](Oc1ccccc1F)C(=O)N1CCC[C@H]1c1ncc2c(n1)CCNC2. The van der Waals surface area contributed by atoms with E-state index in [1.165, 1.54) is 6.07 Å². The number of carbonyl (C=O) groups excluding carboxylic acids is 1. The van der Waals surface area contributed by atoms with Crippen LogP contribution in [0.15, 0.2) is 30.5 Å². The maximum absolute atomic E-state index is 14.0. The van der Waals surface area contributed by atoms with Crippen molar-refractivity contribution in [3.8, 4) is 5.75 Å². The summed E-state index contributed by atoms with van der Waals surface area (Å²) >= 11 is 0. The lowest BCUT2D eigenvalue weighted by molar-refractivity contribution is -0.140. The standard InChI is InChI=1S/C21H25FN4O2/c1-2-18(28-19-8-4-3-6-15(19)22)21(27)26-11-5-7-17(26)20-24-13-14-12-23-10-9-16(14)25-20/h3-4,6,8,13,17-18,23H,2,5,7,9-12H2,1H3/t17-,18-/m0/s1. The zero-order chi connectivity index (χ0) is 19.5. The number of amides is 1. The number of para-hydroxylation sites is 1. The highest BCUT2D eigenvalue weighted by atomic mass is 19.1. The van der Waals surface area contributed by atoms with Gasteiger partial charge in [-0.05, 0) is 31.4 Å². The fraction of sp³-hybridized carbons (Fsp3) is 0.476. The molecule has 148 valence electrons. The van der Waals surface area contributed by atoms with Gasteiger partial charge >= 0.3 is 0 Å². The number of hydrogen-bond acceptors (Lipinski definition) is 5. The van der Waals surface area contributed by atoms with Crippen molar-refractivity contribution in [2.75, 3.05) is 13.1 Å². The highest BCUT2D eigenvalue weighted by Crippen LogP contribution is 2.32. The van der Waals surface area contributed by atoms with Gasteiger partial charge in [-0.3, -0.25) is 4.79 Å². The van der Waals surface area contributed by atoms with Crippen LogP contribution >= 0.6 is 0 Å². The Morgan fingerprint density at radius 3 is 3.11 bits per heavy atom. The molecule has 1 fully saturated rings. The molecular weight excluding hydrogens is 359 g/mol. The van der Waals surface area contributed by atoms with E-state index < -0.39 is 11.9 Å². The van der Waals surface area contributed by atoms with Crippen LogP contribution in [0.3, 0.4) is 0 Å². The highest BCUT2D eigenvalue weighted by Gasteiger charge is 2.36. The van der Waals surface area contributed by atoms with Gasteiger partial charge in [0.1, 0.15) is 0 Å². The van der Waals surface area contributed by atoms with Crippen LogP contribution in [0.25, 0.3) is 0 Å². The predicted octanol–water partition coefficient (Wildman–Crippen LogP) is 2.78. The maximum atomic E-state index is 14.0. The molecule has 3 heterocycles. The van der Waals surface area contributed by atoms with Gasteiger partial charge in [0, 0.05) is 43.5 Å². The number of aromatic nitrogens is 2. The van der Waals surface area contributed by atoms with E-state index in [2.05, 4.69) is 10.3 Å². The van der Waals surface area contributed by atoms with E-state index in [4.69, 9.17) is 9.72 Å². The number of halogens is 1. The number of nitrogens with one attached hydrogen (secondary N) is 1. The molecule has 1 aromatic carbocycles. The van der Waals surface area contributed by atoms with Crippen molar-refractivity contribution in [1.82, 2.24) is 20.2 Å². The van der Waals surface area contributed by atoms with Gasteiger partial charge in [0.15, 0.2) is 23.5 Å². The van der Waals surface area contributed by atoms with Crippen LogP contribution in [0, 0.1) is 5.82 Å². The summed E-state index contributed by atoms with van der Waals surface area (Å²) in [5, 5.41) is 3.32. The number of fused-ring (bicyclic) bond motifs is 1. The monoisotopic (exact) mass is 384 g/mol. The molecule has 0 spiro atoms. The topological polar surface area (TPSA) is 67.3 Å². The average Bonchev–Trinajstić information content (AvgIpc) is 3.22. The third kappa shape index (κ3) is 3.71. The van der Waals surface area contributed by atoms with Gasteiger partial charge in [-0.15, -0.1) is 0 Å². The van der Waals surface area contributed by atoms with E-state index in [0.29, 0.717) is 18.8 Å². The van der Waals surface area contributed by atoms with Gasteiger partial charge in [0.2, 0.25) is 0 Å². The largest absolute Gasteiger partial charge is 0.478 e. The first kappa shape index (κ1) is 18.8. The first-order valence-electron chi connectivity index (χ1n) is 9.94. The third-order valence-corrected chi connectivity index (χ3v) is 5.41. The van der Waals surface area contributed by atoms with E-state index in [0.717, 1.165) is 43.6 Å². The lowest BCUT2D eigenvalue weighted by atomic mass is 10.1. The second-order valence-electron chi connectivity index (χ2n) is 7.26. The number of nitrogens with zero attached hydrogens (tertiary/aromatic N) is 3. The Hall–Kier alpha value is -2.54. The Kier molecular flexibility index (Phi) is 5.52. The van der Waals surface area contributed by atoms with Crippen LogP contribution in [0.5, 0.6) is 5.75 Å². The Morgan fingerprint density at radius 1 is 1.43 bits per heavy atom. The number of benzene rings is 1. The molecule has 0 saturated carbocycles. The Bertz CT molecular complexity index is 860. The minimum atomic E-state index is -0.723. The van der Waals surface area contributed by atoms with Crippen LogP contribution in [-0.4, -0.2) is 40.0 Å². The molecule has 2 aliphatic rings. The minimum absolute atomic E-state index is 0.107. The number of rotatable bonds is 5. The fourth-order valence-corrected chi connectivity index (χ4v) is 3.90. The van der Waals surface area contributed by atoms with Crippen LogP contribution in [0.4, 0.5) is 4.39 Å². The first-order chi connectivity index (χ1) is 13.7. The van der Waals surface area contributed by atoms with Crippen molar-refractivity contribution in [3.63, 3.8) is 0 Å². The third-order valence-electron chi connectivity index (χ3n) is 5.41. The summed E-state index contributed by atoms with van der Waals surface area (Å²) < 4.78 is 19.7. The van der Waals surface area contributed by atoms with Gasteiger partial charge in [-0.2, -0.15) is 0 Å². The summed E-state index contributed by atoms with van der Waals surface area (Å²) in [7, 11) is 0. The second kappa shape index (κ2) is 8.22. The van der Waals surface area contributed by atoms with E-state index >= 15 is 0 Å². The normalized spacial score (nSPS) is 19.9. The molecule has 7 heteroatoms. The van der Waals surface area contributed by atoms with Crippen molar-refractivity contribution < 1.29 is 13.9 Å². The van der Waals surface area contributed by atoms with E-state index in [9.17, 15) is 9.18 Å². The Morgan fingerprint density at radius 2 is 2.29 bits per heavy atom. The van der Waals surface area contributed by atoms with E-state index in [-0.39, 0.29) is 17.7 Å². The number of hydrogen-bond donors (Lipinski definition) is 1. The lowest BCUT2D eigenvalue weighted by Gasteiger charge is -2.28. The molecule has 0 bridgehead atoms. The fourth-order valence-electron chi connectivity index (χ4n) is 3.90. The van der Waals surface area contributed by atoms with Crippen molar-refractivity contribution in [1.29, 1.82) is 0 Å². The van der Waals surface area contributed by atoms with Crippen LogP contribution < -0.4 is 10.1 Å². The van der Waals surface area contributed by atoms with Crippen LogP contribution in [0.2, 0.25) is 0 Å². The summed E-state index contributed by atoms with van der Waals surface area (Å²) in [6.07, 6.45) is 4.22. The van der Waals surface area contributed by atoms with Crippen molar-refractivity contribution in [2.45, 2.75) is 51.3 Å². The van der Waals surface area contributed by atoms with Crippen molar-refractivity contribution in [3.05, 3.63) is 53.4 Å². The first-order valence-corrected chi connectivity index (χ1v) is 9.94. The number of carbonyl (C=O) groups is 1. The van der Waals surface area contributed by atoms with Gasteiger partial charge in [0.05, 0.1) is 6.04 Å². The summed E-state index contributed by atoms with van der Waals surface area (Å²) in [4.78, 5) is 24.3. The molecule has 1 saturated heterocycles. The highest BCUT2D eigenvalue weighted by molar-refractivity contribution is 5.82. The predicted molar refractivity (Wildman–Crippen MR) is 102 cm³/mol. The zero-order valence-electron chi connectivity index (χ0n) is 16.0. The molecule has 1 amide bonds. The molecule has 6 nitrogen and oxygen atoms in total. The molecule has 2 aromatic rings. The van der Waals surface area contributed by atoms with Crippen molar-refractivity contribution >= 4 is 5.91 Å². The van der Waals surface area contributed by atoms with Crippen LogP contribution in [-0.2, 0) is 17.8 Å². The molecule has 0 radical (unpaired) electrons. The second-order valence-corrected chi connectivity index (χ2v) is 7.26. The molecular formula is C21H25FN4O2. The summed E-state index contributed by atoms with van der Waals surface area (Å²) in [6.45, 7) is 4.21. The van der Waals surface area contributed by atoms with E-state index in [1.807, 2.05) is 13.1 Å². The quantitative estimate of drug-likeness (QED) is 0.859. The van der Waals surface area contributed by atoms with Gasteiger partial charge < -0.3 is 15.0 Å². The molecule has 2 atom stereocenters. The maximum Gasteiger partial charge on any atom is 0.264 e. The Balaban J connectivity index is 1.53. The van der Waals surface area contributed by atoms with Gasteiger partial charge in [-0.25, -0.2) is 14.4 Å². The molecule has 4 rings (SSSR count). The van der Waals surface area contributed by atoms with E-state index in [1.54, 1.807) is 23.1 Å². The summed E-state index contributed by atoms with van der Waals surface area (Å²) in [5.41, 5.74) is 2.19. The van der Waals surface area contributed by atoms with Gasteiger partial charge in [-0.1, -0.05) is 19.1 Å². The molecule has 0 unspecified atom stereocenters. The lowest BCUT2D eigenvalue weighted by Crippen LogP contribution is -2.42. The van der Waals surface area contributed by atoms with Gasteiger partial charge in [0.25, 0.3) is 5.91 Å².